The van der Waals surface area contributed by atoms with E-state index in [1.807, 2.05) is 18.2 Å². The molecule has 0 saturated carbocycles. The molecule has 1 aliphatic heterocycles. The first-order valence-electron chi connectivity index (χ1n) is 13.0. The molecule has 0 fully saturated rings. The largest absolute Gasteiger partial charge is 0.462 e. The first kappa shape index (κ1) is 28.8. The third-order valence-corrected chi connectivity index (χ3v) is 9.40. The normalized spacial score (nSPS) is 13.3. The van der Waals surface area contributed by atoms with Crippen molar-refractivity contribution >= 4 is 55.5 Å². The van der Waals surface area contributed by atoms with Gasteiger partial charge in [0, 0.05) is 40.8 Å². The molecule has 212 valence electrons. The van der Waals surface area contributed by atoms with Gasteiger partial charge in [0.1, 0.15) is 5.00 Å². The number of sulfonamides is 1. The third-order valence-electron chi connectivity index (χ3n) is 6.61. The lowest BCUT2D eigenvalue weighted by Crippen LogP contribution is -2.29. The van der Waals surface area contributed by atoms with Crippen molar-refractivity contribution in [3.8, 4) is 0 Å². The lowest BCUT2D eigenvalue weighted by molar-refractivity contribution is 0.0526. The number of hydrogen-bond acceptors (Lipinski definition) is 7. The minimum Gasteiger partial charge on any atom is -0.462 e. The average molecular weight is 610 g/mol. The Morgan fingerprint density at radius 1 is 1.00 bits per heavy atom. The standard InChI is InChI=1S/C30H28ClN3O5S2/c1-2-39-30(36)27-25-16-17-34(18-20-6-4-3-5-7-20)19-26(25)40-29(27)32-28(35)21-8-12-23(13-9-21)33-41(37,38)24-14-10-22(31)11-15-24/h3-15,33H,2,16-19H2,1H3,(H,32,35). The Morgan fingerprint density at radius 2 is 1.71 bits per heavy atom. The van der Waals surface area contributed by atoms with Crippen LogP contribution < -0.4 is 10.0 Å². The number of ether oxygens (including phenoxy) is 1. The van der Waals surface area contributed by atoms with Crippen LogP contribution in [0.1, 0.15) is 43.6 Å². The van der Waals surface area contributed by atoms with E-state index in [2.05, 4.69) is 27.1 Å². The number of nitrogens with zero attached hydrogens (tertiary/aromatic N) is 1. The average Bonchev–Trinajstić information content (AvgIpc) is 3.31. The molecule has 3 aromatic carbocycles. The molecule has 1 amide bonds. The summed E-state index contributed by atoms with van der Waals surface area (Å²) in [5.74, 6) is -0.869. The maximum atomic E-state index is 13.2. The summed E-state index contributed by atoms with van der Waals surface area (Å²) >= 11 is 7.24. The first-order chi connectivity index (χ1) is 19.7. The van der Waals surface area contributed by atoms with Crippen LogP contribution in [0.5, 0.6) is 0 Å². The Morgan fingerprint density at radius 3 is 2.39 bits per heavy atom. The van der Waals surface area contributed by atoms with E-state index in [1.54, 1.807) is 6.92 Å². The molecule has 1 aromatic heterocycles. The molecule has 0 radical (unpaired) electrons. The summed E-state index contributed by atoms with van der Waals surface area (Å²) in [6.07, 6.45) is 0.672. The van der Waals surface area contributed by atoms with Crippen molar-refractivity contribution in [3.63, 3.8) is 0 Å². The number of carbonyl (C=O) groups is 2. The predicted molar refractivity (Wildman–Crippen MR) is 161 cm³/mol. The molecule has 0 atom stereocenters. The Bertz CT molecular complexity index is 1650. The third kappa shape index (κ3) is 6.79. The number of halogens is 1. The number of benzene rings is 3. The van der Waals surface area contributed by atoms with E-state index in [4.69, 9.17) is 16.3 Å². The predicted octanol–water partition coefficient (Wildman–Crippen LogP) is 6.19. The quantitative estimate of drug-likeness (QED) is 0.219. The fraction of sp³-hybridized carbons (Fsp3) is 0.200. The van der Waals surface area contributed by atoms with Crippen LogP contribution in [-0.4, -0.2) is 38.3 Å². The minimum atomic E-state index is -3.82. The molecule has 0 saturated heterocycles. The summed E-state index contributed by atoms with van der Waals surface area (Å²) in [6.45, 7) is 4.22. The number of amides is 1. The molecule has 41 heavy (non-hydrogen) atoms. The van der Waals surface area contributed by atoms with Gasteiger partial charge in [-0.1, -0.05) is 41.9 Å². The van der Waals surface area contributed by atoms with Crippen molar-refractivity contribution in [2.45, 2.75) is 31.3 Å². The van der Waals surface area contributed by atoms with Gasteiger partial charge in [-0.05, 0) is 73.0 Å². The SMILES string of the molecule is CCOC(=O)c1c(NC(=O)c2ccc(NS(=O)(=O)c3ccc(Cl)cc3)cc2)sc2c1CCN(Cc1ccccc1)C2. The van der Waals surface area contributed by atoms with Gasteiger partial charge in [-0.3, -0.25) is 14.4 Å². The summed E-state index contributed by atoms with van der Waals surface area (Å²) in [4.78, 5) is 29.6. The lowest BCUT2D eigenvalue weighted by atomic mass is 10.0. The van der Waals surface area contributed by atoms with Gasteiger partial charge in [0.05, 0.1) is 17.1 Å². The zero-order valence-corrected chi connectivity index (χ0v) is 24.6. The summed E-state index contributed by atoms with van der Waals surface area (Å²) in [6, 6.07) is 22.1. The van der Waals surface area contributed by atoms with E-state index in [0.29, 0.717) is 39.8 Å². The number of rotatable bonds is 9. The number of nitrogens with one attached hydrogen (secondary N) is 2. The monoisotopic (exact) mass is 609 g/mol. The Hall–Kier alpha value is -3.70. The highest BCUT2D eigenvalue weighted by molar-refractivity contribution is 7.92. The Balaban J connectivity index is 1.32. The lowest BCUT2D eigenvalue weighted by Gasteiger charge is -2.27. The molecule has 2 N–H and O–H groups in total. The molecule has 2 heterocycles. The molecule has 5 rings (SSSR count). The number of thiophene rings is 1. The van der Waals surface area contributed by atoms with Gasteiger partial charge >= 0.3 is 5.97 Å². The second-order valence-electron chi connectivity index (χ2n) is 9.47. The van der Waals surface area contributed by atoms with Crippen LogP contribution in [0, 0.1) is 0 Å². The van der Waals surface area contributed by atoms with E-state index in [-0.39, 0.29) is 11.5 Å². The van der Waals surface area contributed by atoms with Crippen molar-refractivity contribution in [2.75, 3.05) is 23.2 Å². The maximum absolute atomic E-state index is 13.2. The van der Waals surface area contributed by atoms with E-state index in [1.165, 1.54) is 65.4 Å². The smallest absolute Gasteiger partial charge is 0.341 e. The van der Waals surface area contributed by atoms with Crippen LogP contribution in [0.15, 0.2) is 83.8 Å². The molecular formula is C30H28ClN3O5S2. The molecular weight excluding hydrogens is 582 g/mol. The van der Waals surface area contributed by atoms with Crippen molar-refractivity contribution in [3.05, 3.63) is 111 Å². The van der Waals surface area contributed by atoms with Crippen LogP contribution in [0.3, 0.4) is 0 Å². The van der Waals surface area contributed by atoms with Crippen LogP contribution in [-0.2, 0) is 34.3 Å². The van der Waals surface area contributed by atoms with E-state index >= 15 is 0 Å². The first-order valence-corrected chi connectivity index (χ1v) is 15.7. The topological polar surface area (TPSA) is 105 Å². The van der Waals surface area contributed by atoms with E-state index in [0.717, 1.165) is 23.5 Å². The highest BCUT2D eigenvalue weighted by Gasteiger charge is 2.30. The summed E-state index contributed by atoms with van der Waals surface area (Å²) in [7, 11) is -3.82. The second kappa shape index (κ2) is 12.4. The molecule has 0 aliphatic carbocycles. The second-order valence-corrected chi connectivity index (χ2v) is 12.7. The van der Waals surface area contributed by atoms with Crippen molar-refractivity contribution < 1.29 is 22.7 Å². The zero-order chi connectivity index (χ0) is 29.0. The van der Waals surface area contributed by atoms with Gasteiger partial charge in [-0.25, -0.2) is 13.2 Å². The van der Waals surface area contributed by atoms with Gasteiger partial charge in [0.25, 0.3) is 15.9 Å². The molecule has 8 nitrogen and oxygen atoms in total. The van der Waals surface area contributed by atoms with E-state index in [9.17, 15) is 18.0 Å². The van der Waals surface area contributed by atoms with Gasteiger partial charge in [-0.2, -0.15) is 0 Å². The van der Waals surface area contributed by atoms with Crippen molar-refractivity contribution in [2.24, 2.45) is 0 Å². The van der Waals surface area contributed by atoms with Gasteiger partial charge in [0.2, 0.25) is 0 Å². The molecule has 1 aliphatic rings. The number of carbonyl (C=O) groups excluding carboxylic acids is 2. The summed E-state index contributed by atoms with van der Waals surface area (Å²) in [5, 5.41) is 3.78. The van der Waals surface area contributed by atoms with E-state index < -0.39 is 21.9 Å². The fourth-order valence-corrected chi connectivity index (χ4v) is 7.09. The van der Waals surface area contributed by atoms with Crippen LogP contribution >= 0.6 is 22.9 Å². The van der Waals surface area contributed by atoms with Gasteiger partial charge in [-0.15, -0.1) is 11.3 Å². The minimum absolute atomic E-state index is 0.0687. The highest BCUT2D eigenvalue weighted by Crippen LogP contribution is 2.38. The fourth-order valence-electron chi connectivity index (χ4n) is 4.63. The Kier molecular flexibility index (Phi) is 8.74. The van der Waals surface area contributed by atoms with Crippen molar-refractivity contribution in [1.29, 1.82) is 0 Å². The van der Waals surface area contributed by atoms with Gasteiger partial charge in [0.15, 0.2) is 0 Å². The highest BCUT2D eigenvalue weighted by atomic mass is 35.5. The molecule has 0 bridgehead atoms. The zero-order valence-electron chi connectivity index (χ0n) is 22.2. The maximum Gasteiger partial charge on any atom is 0.341 e. The molecule has 4 aromatic rings. The number of fused-ring (bicyclic) bond motifs is 1. The summed E-state index contributed by atoms with van der Waals surface area (Å²) in [5.41, 5.74) is 3.15. The Labute approximate surface area is 248 Å². The number of hydrogen-bond donors (Lipinski definition) is 2. The molecule has 0 unspecified atom stereocenters. The summed E-state index contributed by atoms with van der Waals surface area (Å²) < 4.78 is 33.2. The van der Waals surface area contributed by atoms with Gasteiger partial charge < -0.3 is 10.1 Å². The molecule has 0 spiro atoms. The van der Waals surface area contributed by atoms with Crippen LogP contribution in [0.2, 0.25) is 5.02 Å². The van der Waals surface area contributed by atoms with Crippen molar-refractivity contribution in [1.82, 2.24) is 4.90 Å². The number of esters is 1. The van der Waals surface area contributed by atoms with Crippen LogP contribution in [0.25, 0.3) is 0 Å². The number of anilines is 2. The molecule has 11 heteroatoms. The van der Waals surface area contributed by atoms with Crippen LogP contribution in [0.4, 0.5) is 10.7 Å².